The summed E-state index contributed by atoms with van der Waals surface area (Å²) in [5.41, 5.74) is 9.96. The molecular weight excluding hydrogens is 444 g/mol. The Morgan fingerprint density at radius 1 is 1.09 bits per heavy atom. The number of hydrogen-bond acceptors (Lipinski definition) is 5. The average molecular weight is 469 g/mol. The molecule has 0 radical (unpaired) electrons. The van der Waals surface area contributed by atoms with Gasteiger partial charge in [-0.15, -0.1) is 0 Å². The minimum atomic E-state index is -1.61. The summed E-state index contributed by atoms with van der Waals surface area (Å²) >= 11 is 5.97. The Hall–Kier alpha value is -3.72. The molecule has 2 N–H and O–H groups in total. The molecule has 34 heavy (non-hydrogen) atoms. The number of fused-ring (bicyclic) bond motifs is 1. The first-order chi connectivity index (χ1) is 16.4. The van der Waals surface area contributed by atoms with E-state index in [1.54, 1.807) is 12.1 Å². The number of ether oxygens (including phenoxy) is 1. The normalized spacial score (nSPS) is 20.9. The maximum Gasteiger partial charge on any atom is 0.191 e. The number of nitrogens with zero attached hydrogens (tertiary/aromatic N) is 3. The lowest BCUT2D eigenvalue weighted by molar-refractivity contribution is 0.302. The molecule has 2 aromatic rings. The van der Waals surface area contributed by atoms with Gasteiger partial charge in [0, 0.05) is 10.9 Å². The maximum atomic E-state index is 10.3. The van der Waals surface area contributed by atoms with E-state index in [2.05, 4.69) is 30.4 Å². The number of allylic oxidation sites excluding steroid dienone is 4. The van der Waals surface area contributed by atoms with Gasteiger partial charge in [0.05, 0.1) is 23.4 Å². The Balaban J connectivity index is 1.83. The Morgan fingerprint density at radius 3 is 2.44 bits per heavy atom. The van der Waals surface area contributed by atoms with Gasteiger partial charge in [-0.2, -0.15) is 15.8 Å². The highest BCUT2D eigenvalue weighted by molar-refractivity contribution is 6.30. The molecule has 4 rings (SSSR count). The number of rotatable bonds is 4. The Labute approximate surface area is 205 Å². The summed E-state index contributed by atoms with van der Waals surface area (Å²) in [6.45, 7) is 4.35. The molecule has 6 heteroatoms. The summed E-state index contributed by atoms with van der Waals surface area (Å²) in [4.78, 5) is 0. The number of nitrogens with two attached hydrogens (primary N) is 1. The summed E-state index contributed by atoms with van der Waals surface area (Å²) < 4.78 is 6.00. The highest BCUT2D eigenvalue weighted by atomic mass is 35.5. The van der Waals surface area contributed by atoms with E-state index < -0.39 is 11.3 Å². The van der Waals surface area contributed by atoms with E-state index in [1.807, 2.05) is 32.0 Å². The summed E-state index contributed by atoms with van der Waals surface area (Å²) in [5, 5.41) is 31.0. The number of hydrogen-bond donors (Lipinski definition) is 1. The zero-order valence-electron chi connectivity index (χ0n) is 19.2. The van der Waals surface area contributed by atoms with Crippen molar-refractivity contribution >= 4 is 11.6 Å². The minimum Gasteiger partial charge on any atom is -0.489 e. The molecule has 0 fully saturated rings. The van der Waals surface area contributed by atoms with Crippen LogP contribution < -0.4 is 10.5 Å². The van der Waals surface area contributed by atoms with Crippen LogP contribution in [0.15, 0.2) is 59.3 Å². The molecule has 0 saturated carbocycles. The molecule has 0 bridgehead atoms. The van der Waals surface area contributed by atoms with Crippen LogP contribution in [0.25, 0.3) is 0 Å². The first kappa shape index (κ1) is 23.4. The van der Waals surface area contributed by atoms with Crippen molar-refractivity contribution in [2.45, 2.75) is 45.6 Å². The molecule has 2 aliphatic rings. The van der Waals surface area contributed by atoms with Crippen molar-refractivity contribution in [2.24, 2.45) is 17.1 Å². The third-order valence-electron chi connectivity index (χ3n) is 7.07. The second-order valence-corrected chi connectivity index (χ2v) is 9.42. The van der Waals surface area contributed by atoms with E-state index >= 15 is 0 Å². The van der Waals surface area contributed by atoms with Gasteiger partial charge in [0.25, 0.3) is 0 Å². The van der Waals surface area contributed by atoms with Crippen LogP contribution in [0.5, 0.6) is 5.75 Å². The number of aryl methyl sites for hydroxylation is 2. The number of nitriles is 3. The summed E-state index contributed by atoms with van der Waals surface area (Å²) in [6.07, 6.45) is 4.65. The van der Waals surface area contributed by atoms with E-state index in [1.165, 1.54) is 0 Å². The fourth-order valence-electron chi connectivity index (χ4n) is 5.32. The Bertz CT molecular complexity index is 1300. The predicted octanol–water partition coefficient (Wildman–Crippen LogP) is 6.13. The average Bonchev–Trinajstić information content (AvgIpc) is 2.84. The van der Waals surface area contributed by atoms with Crippen molar-refractivity contribution in [3.63, 3.8) is 0 Å². The van der Waals surface area contributed by atoms with Crippen LogP contribution in [0.3, 0.4) is 0 Å². The topological polar surface area (TPSA) is 107 Å². The monoisotopic (exact) mass is 468 g/mol. The lowest BCUT2D eigenvalue weighted by Crippen LogP contribution is -2.43. The lowest BCUT2D eigenvalue weighted by Gasteiger charge is -2.44. The van der Waals surface area contributed by atoms with Crippen molar-refractivity contribution in [1.82, 2.24) is 0 Å². The van der Waals surface area contributed by atoms with Gasteiger partial charge in [0.15, 0.2) is 5.41 Å². The molecule has 170 valence electrons. The quantitative estimate of drug-likeness (QED) is 0.580. The van der Waals surface area contributed by atoms with Crippen molar-refractivity contribution in [2.75, 3.05) is 0 Å². The Morgan fingerprint density at radius 2 is 1.79 bits per heavy atom. The predicted molar refractivity (Wildman–Crippen MR) is 130 cm³/mol. The number of benzene rings is 2. The van der Waals surface area contributed by atoms with E-state index in [0.717, 1.165) is 47.1 Å². The molecule has 0 saturated heterocycles. The van der Waals surface area contributed by atoms with Crippen LogP contribution in [0.4, 0.5) is 0 Å². The molecule has 0 aliphatic heterocycles. The van der Waals surface area contributed by atoms with Crippen molar-refractivity contribution in [1.29, 1.82) is 15.8 Å². The van der Waals surface area contributed by atoms with Crippen LogP contribution >= 0.6 is 11.6 Å². The molecule has 2 atom stereocenters. The smallest absolute Gasteiger partial charge is 0.191 e. The minimum absolute atomic E-state index is 0.0633. The van der Waals surface area contributed by atoms with E-state index in [4.69, 9.17) is 22.1 Å². The van der Waals surface area contributed by atoms with Gasteiger partial charge in [-0.05, 0) is 91.1 Å². The lowest BCUT2D eigenvalue weighted by atomic mass is 9.56. The molecule has 5 nitrogen and oxygen atoms in total. The molecule has 2 aromatic carbocycles. The molecule has 0 spiro atoms. The van der Waals surface area contributed by atoms with E-state index in [0.29, 0.717) is 23.0 Å². The van der Waals surface area contributed by atoms with Gasteiger partial charge in [0.2, 0.25) is 0 Å². The van der Waals surface area contributed by atoms with E-state index in [-0.39, 0.29) is 11.6 Å². The molecular formula is C28H25ClN4O. The van der Waals surface area contributed by atoms with Gasteiger partial charge < -0.3 is 10.5 Å². The van der Waals surface area contributed by atoms with Gasteiger partial charge in [-0.25, -0.2) is 0 Å². The van der Waals surface area contributed by atoms with Gasteiger partial charge in [-0.1, -0.05) is 29.8 Å². The zero-order chi connectivity index (χ0) is 24.5. The van der Waals surface area contributed by atoms with Crippen LogP contribution in [0.1, 0.15) is 47.4 Å². The van der Waals surface area contributed by atoms with Crippen molar-refractivity contribution in [3.8, 4) is 24.0 Å². The van der Waals surface area contributed by atoms with E-state index in [9.17, 15) is 15.8 Å². The first-order valence-corrected chi connectivity index (χ1v) is 11.7. The van der Waals surface area contributed by atoms with Gasteiger partial charge >= 0.3 is 0 Å². The number of halogens is 1. The summed E-state index contributed by atoms with van der Waals surface area (Å²) in [5.74, 6) is 0.109. The SMILES string of the molecule is Cc1cc(C)c([C@@H]2[C@H]3CCCC=C3C(C#N)=C(N)C2(C#N)C#N)cc1COc1ccc(Cl)cc1. The van der Waals surface area contributed by atoms with Crippen LogP contribution in [-0.2, 0) is 6.61 Å². The molecule has 0 amide bonds. The molecule has 0 heterocycles. The fourth-order valence-corrected chi connectivity index (χ4v) is 5.44. The standard InChI is InChI=1S/C28H25ClN4O/c1-17-11-18(2)24(12-19(17)14-34-21-9-7-20(29)8-10-21)26-23-6-4-3-5-22(23)25(13-30)27(33)28(26,15-31)16-32/h5,7-12,23,26H,3-4,6,14,33H2,1-2H3/t23-,26-/m0/s1. The van der Waals surface area contributed by atoms with Crippen molar-refractivity contribution < 1.29 is 4.74 Å². The third-order valence-corrected chi connectivity index (χ3v) is 7.32. The summed E-state index contributed by atoms with van der Waals surface area (Å²) in [6, 6.07) is 17.9. The first-order valence-electron chi connectivity index (χ1n) is 11.3. The fraction of sp³-hybridized carbons (Fsp3) is 0.321. The maximum absolute atomic E-state index is 10.3. The molecule has 0 unspecified atom stereocenters. The molecule has 2 aliphatic carbocycles. The van der Waals surface area contributed by atoms with Crippen LogP contribution in [0, 0.1) is 59.2 Å². The van der Waals surface area contributed by atoms with Gasteiger partial charge in [0.1, 0.15) is 18.4 Å². The highest BCUT2D eigenvalue weighted by Crippen LogP contribution is 2.56. The van der Waals surface area contributed by atoms with Crippen LogP contribution in [0.2, 0.25) is 5.02 Å². The largest absolute Gasteiger partial charge is 0.489 e. The van der Waals surface area contributed by atoms with Crippen LogP contribution in [-0.4, -0.2) is 0 Å². The third kappa shape index (κ3) is 3.81. The molecule has 0 aromatic heterocycles. The van der Waals surface area contributed by atoms with Crippen molar-refractivity contribution in [3.05, 3.63) is 86.6 Å². The summed E-state index contributed by atoms with van der Waals surface area (Å²) in [7, 11) is 0. The second-order valence-electron chi connectivity index (χ2n) is 8.98. The van der Waals surface area contributed by atoms with Gasteiger partial charge in [-0.3, -0.25) is 0 Å². The second kappa shape index (κ2) is 9.26. The zero-order valence-corrected chi connectivity index (χ0v) is 20.0. The Kier molecular flexibility index (Phi) is 6.39. The highest BCUT2D eigenvalue weighted by Gasteiger charge is 2.54.